The third kappa shape index (κ3) is 3.56. The summed E-state index contributed by atoms with van der Waals surface area (Å²) in [6.45, 7) is 4.34. The first-order valence-corrected chi connectivity index (χ1v) is 8.39. The smallest absolute Gasteiger partial charge is 0.0273 e. The van der Waals surface area contributed by atoms with Crippen LogP contribution < -0.4 is 0 Å². The maximum atomic E-state index is 2.34. The molecule has 0 heterocycles. The van der Waals surface area contributed by atoms with E-state index in [0.29, 0.717) is 0 Å². The summed E-state index contributed by atoms with van der Waals surface area (Å²) in [7, 11) is 0. The molecule has 0 amide bonds. The lowest BCUT2D eigenvalue weighted by Gasteiger charge is -2.15. The van der Waals surface area contributed by atoms with Crippen LogP contribution in [0.2, 0.25) is 0 Å². The molecule has 0 aliphatic heterocycles. The molecule has 0 saturated carbocycles. The van der Waals surface area contributed by atoms with Crippen LogP contribution in [0.15, 0.2) is 36.4 Å². The molecule has 110 valence electrons. The minimum absolute atomic E-state index is 1.30. The highest BCUT2D eigenvalue weighted by atomic mass is 14.1. The van der Waals surface area contributed by atoms with Crippen molar-refractivity contribution in [2.45, 2.75) is 58.8 Å². The minimum atomic E-state index is 1.30. The third-order valence-corrected chi connectivity index (χ3v) is 4.76. The zero-order valence-corrected chi connectivity index (χ0v) is 13.4. The number of fused-ring (bicyclic) bond motifs is 2. The molecule has 0 fully saturated rings. The lowest BCUT2D eigenvalue weighted by molar-refractivity contribution is 0.685. The Morgan fingerprint density at radius 3 is 1.52 bits per heavy atom. The quantitative estimate of drug-likeness (QED) is 0.608. The lowest BCUT2D eigenvalue weighted by Crippen LogP contribution is -2.01. The van der Waals surface area contributed by atoms with Gasteiger partial charge in [-0.25, -0.2) is 0 Å². The fraction of sp³-hybridized carbons (Fsp3) is 0.429. The first-order chi connectivity index (χ1) is 10.2. The van der Waals surface area contributed by atoms with Gasteiger partial charge in [-0.15, -0.1) is 0 Å². The van der Waals surface area contributed by atoms with E-state index in [9.17, 15) is 0 Å². The molecule has 0 N–H and O–H groups in total. The van der Waals surface area contributed by atoms with Gasteiger partial charge in [-0.2, -0.15) is 0 Å². The monoisotopic (exact) mass is 278 g/mol. The highest BCUT2D eigenvalue weighted by molar-refractivity contribution is 5.34. The van der Waals surface area contributed by atoms with Gasteiger partial charge in [-0.1, -0.05) is 47.5 Å². The van der Waals surface area contributed by atoms with E-state index in [4.69, 9.17) is 0 Å². The maximum absolute atomic E-state index is 2.34. The summed E-state index contributed by atoms with van der Waals surface area (Å²) < 4.78 is 0. The number of hydrogen-bond donors (Lipinski definition) is 0. The average molecular weight is 278 g/mol. The van der Waals surface area contributed by atoms with E-state index in [-0.39, 0.29) is 0 Å². The van der Waals surface area contributed by atoms with Gasteiger partial charge in [0.25, 0.3) is 0 Å². The Hall–Kier alpha value is -1.56. The minimum Gasteiger partial charge on any atom is -0.0590 e. The largest absolute Gasteiger partial charge is 0.0590 e. The molecule has 0 aromatic heterocycles. The second-order valence-corrected chi connectivity index (χ2v) is 6.60. The van der Waals surface area contributed by atoms with Gasteiger partial charge in [-0.3, -0.25) is 0 Å². The molecule has 0 saturated heterocycles. The summed E-state index contributed by atoms with van der Waals surface area (Å²) in [5, 5.41) is 0. The zero-order chi connectivity index (χ0) is 14.7. The highest BCUT2D eigenvalue weighted by Gasteiger charge is 2.09. The summed E-state index contributed by atoms with van der Waals surface area (Å²) in [6, 6.07) is 13.7. The summed E-state index contributed by atoms with van der Waals surface area (Å²) in [6.07, 6.45) is 9.34. The van der Waals surface area contributed by atoms with Crippen molar-refractivity contribution >= 4 is 0 Å². The van der Waals surface area contributed by atoms with E-state index in [0.717, 1.165) is 0 Å². The third-order valence-electron chi connectivity index (χ3n) is 4.76. The molecule has 0 unspecified atom stereocenters. The molecule has 2 aliphatic rings. The van der Waals surface area contributed by atoms with E-state index in [2.05, 4.69) is 50.2 Å². The Labute approximate surface area is 129 Å². The van der Waals surface area contributed by atoms with Crippen molar-refractivity contribution in [1.82, 2.24) is 0 Å². The van der Waals surface area contributed by atoms with Crippen LogP contribution in [0.1, 0.15) is 52.6 Å². The van der Waals surface area contributed by atoms with Crippen molar-refractivity contribution in [3.8, 4) is 0 Å². The van der Waals surface area contributed by atoms with Gasteiger partial charge in [0.15, 0.2) is 0 Å². The van der Waals surface area contributed by atoms with Crippen LogP contribution in [0.25, 0.3) is 0 Å². The molecule has 4 rings (SSSR count). The van der Waals surface area contributed by atoms with Crippen molar-refractivity contribution in [2.75, 3.05) is 0 Å². The van der Waals surface area contributed by atoms with Crippen LogP contribution >= 0.6 is 0 Å². The molecular formula is C21H26. The van der Waals surface area contributed by atoms with Gasteiger partial charge in [0.2, 0.25) is 0 Å². The number of rotatable bonds is 0. The predicted molar refractivity (Wildman–Crippen MR) is 91.0 cm³/mol. The summed E-state index contributed by atoms with van der Waals surface area (Å²) >= 11 is 0. The van der Waals surface area contributed by atoms with Crippen LogP contribution in [0, 0.1) is 13.8 Å². The molecule has 0 bridgehead atoms. The van der Waals surface area contributed by atoms with Crippen LogP contribution in [-0.4, -0.2) is 0 Å². The lowest BCUT2D eigenvalue weighted by atomic mass is 9.91. The van der Waals surface area contributed by atoms with E-state index < -0.39 is 0 Å². The number of hydrogen-bond acceptors (Lipinski definition) is 0. The SMILES string of the molecule is Cc1ccc2c(c1)CCC2.Cc1ccc2c(c1)CCCC2. The standard InChI is InChI=1S/C11H14.C10H12/c1-9-6-7-10-4-2-3-5-11(10)8-9;1-8-5-6-9-3-2-4-10(9)7-8/h6-8H,2-5H2,1H3;5-7H,2-4H2,1H3. The second kappa shape index (κ2) is 6.47. The zero-order valence-electron chi connectivity index (χ0n) is 13.4. The first kappa shape index (κ1) is 14.4. The molecule has 0 spiro atoms. The molecule has 21 heavy (non-hydrogen) atoms. The number of aryl methyl sites for hydroxylation is 6. The van der Waals surface area contributed by atoms with Crippen molar-refractivity contribution < 1.29 is 0 Å². The average Bonchev–Trinajstić information content (AvgIpc) is 2.95. The van der Waals surface area contributed by atoms with Crippen molar-refractivity contribution in [1.29, 1.82) is 0 Å². The van der Waals surface area contributed by atoms with Crippen molar-refractivity contribution in [3.05, 3.63) is 69.8 Å². The van der Waals surface area contributed by atoms with E-state index in [1.54, 1.807) is 22.3 Å². The number of benzene rings is 2. The van der Waals surface area contributed by atoms with Crippen molar-refractivity contribution in [2.24, 2.45) is 0 Å². The molecule has 2 aliphatic carbocycles. The topological polar surface area (TPSA) is 0 Å². The van der Waals surface area contributed by atoms with Gasteiger partial charge in [-0.05, 0) is 81.0 Å². The molecule has 0 atom stereocenters. The van der Waals surface area contributed by atoms with Gasteiger partial charge in [0, 0.05) is 0 Å². The van der Waals surface area contributed by atoms with Gasteiger partial charge < -0.3 is 0 Å². The first-order valence-electron chi connectivity index (χ1n) is 8.39. The maximum Gasteiger partial charge on any atom is -0.0273 e. The van der Waals surface area contributed by atoms with Crippen molar-refractivity contribution in [3.63, 3.8) is 0 Å². The summed E-state index contributed by atoms with van der Waals surface area (Å²) in [5.74, 6) is 0. The van der Waals surface area contributed by atoms with Gasteiger partial charge in [0.05, 0.1) is 0 Å². The predicted octanol–water partition coefficient (Wildman–Crippen LogP) is 5.36. The van der Waals surface area contributed by atoms with E-state index in [1.807, 2.05) is 0 Å². The Morgan fingerprint density at radius 1 is 0.524 bits per heavy atom. The van der Waals surface area contributed by atoms with E-state index in [1.165, 1.54) is 56.1 Å². The molecule has 2 aromatic carbocycles. The van der Waals surface area contributed by atoms with E-state index >= 15 is 0 Å². The Bertz CT molecular complexity index is 622. The Morgan fingerprint density at radius 2 is 0.952 bits per heavy atom. The van der Waals surface area contributed by atoms with Gasteiger partial charge >= 0.3 is 0 Å². The fourth-order valence-corrected chi connectivity index (χ4v) is 3.56. The molecule has 0 radical (unpaired) electrons. The summed E-state index contributed by atoms with van der Waals surface area (Å²) in [4.78, 5) is 0. The van der Waals surface area contributed by atoms with Crippen LogP contribution in [0.5, 0.6) is 0 Å². The Balaban J connectivity index is 0.000000126. The van der Waals surface area contributed by atoms with Gasteiger partial charge in [0.1, 0.15) is 0 Å². The summed E-state index contributed by atoms with van der Waals surface area (Å²) in [5.41, 5.74) is 9.15. The molecule has 2 aromatic rings. The molecule has 0 heteroatoms. The van der Waals surface area contributed by atoms with Crippen LogP contribution in [0.4, 0.5) is 0 Å². The molecule has 0 nitrogen and oxygen atoms in total. The van der Waals surface area contributed by atoms with Crippen LogP contribution in [0.3, 0.4) is 0 Å². The normalized spacial score (nSPS) is 15.7. The fourth-order valence-electron chi connectivity index (χ4n) is 3.56. The Kier molecular flexibility index (Phi) is 4.43. The second-order valence-electron chi connectivity index (χ2n) is 6.60. The van der Waals surface area contributed by atoms with Crippen LogP contribution in [-0.2, 0) is 25.7 Å². The highest BCUT2D eigenvalue weighted by Crippen LogP contribution is 2.22. The molecular weight excluding hydrogens is 252 g/mol.